The van der Waals surface area contributed by atoms with Gasteiger partial charge in [-0.3, -0.25) is 4.79 Å². The van der Waals surface area contributed by atoms with Crippen LogP contribution in [0.15, 0.2) is 41.4 Å². The van der Waals surface area contributed by atoms with Gasteiger partial charge in [-0.05, 0) is 54.8 Å². The predicted molar refractivity (Wildman–Crippen MR) is 122 cm³/mol. The van der Waals surface area contributed by atoms with Gasteiger partial charge >= 0.3 is 0 Å². The number of aliphatic imine (C=N–C) groups is 1. The van der Waals surface area contributed by atoms with E-state index in [0.717, 1.165) is 29.2 Å². The first-order chi connectivity index (χ1) is 14.9. The Morgan fingerprint density at radius 3 is 2.52 bits per heavy atom. The van der Waals surface area contributed by atoms with E-state index in [0.29, 0.717) is 30.3 Å². The first kappa shape index (κ1) is 23.9. The molecule has 8 heteroatoms. The molecular formula is C23H32N4O4. The van der Waals surface area contributed by atoms with Gasteiger partial charge in [0.2, 0.25) is 0 Å². The Hall–Kier alpha value is -3.42. The fourth-order valence-corrected chi connectivity index (χ4v) is 3.05. The summed E-state index contributed by atoms with van der Waals surface area (Å²) in [6.07, 6.45) is 0. The van der Waals surface area contributed by atoms with Crippen molar-refractivity contribution in [3.05, 3.63) is 53.1 Å². The molecule has 2 aromatic carbocycles. The highest BCUT2D eigenvalue weighted by molar-refractivity contribution is 5.79. The minimum atomic E-state index is -0.509. The molecule has 0 aliphatic heterocycles. The molecule has 31 heavy (non-hydrogen) atoms. The number of aryl methyl sites for hydroxylation is 1. The zero-order chi connectivity index (χ0) is 22.8. The number of benzene rings is 2. The van der Waals surface area contributed by atoms with E-state index in [1.807, 2.05) is 51.2 Å². The number of carbonyl (C=O) groups is 1. The number of nitrogens with two attached hydrogens (primary N) is 1. The Morgan fingerprint density at radius 2 is 1.87 bits per heavy atom. The second-order valence-corrected chi connectivity index (χ2v) is 7.06. The number of ether oxygens (including phenoxy) is 3. The van der Waals surface area contributed by atoms with Crippen LogP contribution in [0.1, 0.15) is 23.6 Å². The van der Waals surface area contributed by atoms with Crippen LogP contribution >= 0.6 is 0 Å². The molecule has 0 fully saturated rings. The van der Waals surface area contributed by atoms with Crippen LogP contribution in [0.2, 0.25) is 0 Å². The lowest BCUT2D eigenvalue weighted by atomic mass is 10.1. The molecule has 0 aliphatic rings. The normalized spacial score (nSPS) is 11.1. The summed E-state index contributed by atoms with van der Waals surface area (Å²) in [5.41, 5.74) is 8.33. The van der Waals surface area contributed by atoms with E-state index in [1.165, 1.54) is 0 Å². The summed E-state index contributed by atoms with van der Waals surface area (Å²) in [5.74, 6) is 2.27. The first-order valence-electron chi connectivity index (χ1n) is 10.1. The van der Waals surface area contributed by atoms with Crippen molar-refractivity contribution in [2.45, 2.75) is 26.9 Å². The lowest BCUT2D eigenvalue weighted by Crippen LogP contribution is -2.38. The van der Waals surface area contributed by atoms with Gasteiger partial charge in [0.05, 0.1) is 20.8 Å². The molecule has 8 nitrogen and oxygen atoms in total. The molecule has 0 aliphatic carbocycles. The molecular weight excluding hydrogens is 396 g/mol. The first-order valence-corrected chi connectivity index (χ1v) is 10.1. The van der Waals surface area contributed by atoms with E-state index in [1.54, 1.807) is 20.3 Å². The molecule has 3 N–H and O–H groups in total. The number of hydrogen-bond donors (Lipinski definition) is 2. The SMILES string of the molecule is CCNC(=NCc1cccc(OCC(N)=O)c1)N(C)Cc1cc(OC)c(OC)cc1C. The molecule has 0 unspecified atom stereocenters. The quantitative estimate of drug-likeness (QED) is 0.446. The van der Waals surface area contributed by atoms with Crippen LogP contribution < -0.4 is 25.3 Å². The van der Waals surface area contributed by atoms with Gasteiger partial charge in [0.1, 0.15) is 5.75 Å². The molecule has 0 heterocycles. The molecule has 2 aromatic rings. The maximum atomic E-state index is 10.9. The lowest BCUT2D eigenvalue weighted by molar-refractivity contribution is -0.119. The minimum absolute atomic E-state index is 0.150. The van der Waals surface area contributed by atoms with Crippen molar-refractivity contribution in [3.8, 4) is 17.2 Å². The molecule has 168 valence electrons. The lowest BCUT2D eigenvalue weighted by Gasteiger charge is -2.23. The average Bonchev–Trinajstić information content (AvgIpc) is 2.76. The second kappa shape index (κ2) is 11.7. The fourth-order valence-electron chi connectivity index (χ4n) is 3.05. The summed E-state index contributed by atoms with van der Waals surface area (Å²) in [6, 6.07) is 11.4. The molecule has 2 rings (SSSR count). The maximum absolute atomic E-state index is 10.9. The fraction of sp³-hybridized carbons (Fsp3) is 0.391. The van der Waals surface area contributed by atoms with Crippen molar-refractivity contribution in [1.29, 1.82) is 0 Å². The smallest absolute Gasteiger partial charge is 0.255 e. The standard InChI is InChI=1S/C23H32N4O4/c1-6-25-23(26-13-17-8-7-9-19(11-17)31-15-22(24)28)27(3)14-18-12-21(30-5)20(29-4)10-16(18)2/h7-12H,6,13-15H2,1-5H3,(H2,24,28)(H,25,26). The van der Waals surface area contributed by atoms with E-state index < -0.39 is 5.91 Å². The number of hydrogen-bond acceptors (Lipinski definition) is 5. The van der Waals surface area contributed by atoms with Crippen molar-refractivity contribution >= 4 is 11.9 Å². The molecule has 0 saturated heterocycles. The van der Waals surface area contributed by atoms with E-state index >= 15 is 0 Å². The molecule has 0 aromatic heterocycles. The summed E-state index contributed by atoms with van der Waals surface area (Å²) in [6.45, 7) is 5.79. The molecule has 0 spiro atoms. The van der Waals surface area contributed by atoms with Gasteiger partial charge in [-0.2, -0.15) is 0 Å². The monoisotopic (exact) mass is 428 g/mol. The zero-order valence-corrected chi connectivity index (χ0v) is 18.9. The number of nitrogens with one attached hydrogen (secondary N) is 1. The Kier molecular flexibility index (Phi) is 8.99. The van der Waals surface area contributed by atoms with Crippen LogP contribution in [-0.4, -0.2) is 51.2 Å². The molecule has 0 radical (unpaired) electrons. The Bertz CT molecular complexity index is 914. The average molecular weight is 429 g/mol. The van der Waals surface area contributed by atoms with Gasteiger partial charge in [-0.1, -0.05) is 12.1 Å². The van der Waals surface area contributed by atoms with Crippen LogP contribution in [0.3, 0.4) is 0 Å². The van der Waals surface area contributed by atoms with Crippen LogP contribution in [0, 0.1) is 6.92 Å². The molecule has 1 amide bonds. The van der Waals surface area contributed by atoms with Crippen molar-refractivity contribution in [2.24, 2.45) is 10.7 Å². The highest BCUT2D eigenvalue weighted by atomic mass is 16.5. The molecule has 0 bridgehead atoms. The number of methoxy groups -OCH3 is 2. The van der Waals surface area contributed by atoms with Crippen LogP contribution in [0.4, 0.5) is 0 Å². The van der Waals surface area contributed by atoms with Gasteiger partial charge in [-0.15, -0.1) is 0 Å². The van der Waals surface area contributed by atoms with Crippen molar-refractivity contribution < 1.29 is 19.0 Å². The van der Waals surface area contributed by atoms with Crippen molar-refractivity contribution in [2.75, 3.05) is 34.4 Å². The van der Waals surface area contributed by atoms with Crippen LogP contribution in [0.25, 0.3) is 0 Å². The van der Waals surface area contributed by atoms with Crippen molar-refractivity contribution in [1.82, 2.24) is 10.2 Å². The zero-order valence-electron chi connectivity index (χ0n) is 18.9. The van der Waals surface area contributed by atoms with Crippen LogP contribution in [-0.2, 0) is 17.9 Å². The maximum Gasteiger partial charge on any atom is 0.255 e. The minimum Gasteiger partial charge on any atom is -0.493 e. The number of rotatable bonds is 10. The summed E-state index contributed by atoms with van der Waals surface area (Å²) in [5, 5.41) is 3.33. The second-order valence-electron chi connectivity index (χ2n) is 7.06. The van der Waals surface area contributed by atoms with E-state index in [2.05, 4.69) is 10.2 Å². The summed E-state index contributed by atoms with van der Waals surface area (Å²) >= 11 is 0. The van der Waals surface area contributed by atoms with E-state index in [9.17, 15) is 4.79 Å². The third kappa shape index (κ3) is 7.09. The highest BCUT2D eigenvalue weighted by Crippen LogP contribution is 2.30. The Balaban J connectivity index is 2.15. The third-order valence-electron chi connectivity index (χ3n) is 4.64. The van der Waals surface area contributed by atoms with Gasteiger partial charge in [0.25, 0.3) is 5.91 Å². The molecule has 0 atom stereocenters. The number of nitrogens with zero attached hydrogens (tertiary/aromatic N) is 2. The largest absolute Gasteiger partial charge is 0.493 e. The molecule has 0 saturated carbocycles. The van der Waals surface area contributed by atoms with Gasteiger partial charge < -0.3 is 30.2 Å². The van der Waals surface area contributed by atoms with Gasteiger partial charge in [0, 0.05) is 20.1 Å². The Morgan fingerprint density at radius 1 is 1.16 bits per heavy atom. The third-order valence-corrected chi connectivity index (χ3v) is 4.64. The van der Waals surface area contributed by atoms with Crippen molar-refractivity contribution in [3.63, 3.8) is 0 Å². The van der Waals surface area contributed by atoms with E-state index in [-0.39, 0.29) is 6.61 Å². The highest BCUT2D eigenvalue weighted by Gasteiger charge is 2.13. The van der Waals surface area contributed by atoms with Gasteiger partial charge in [0.15, 0.2) is 24.1 Å². The summed E-state index contributed by atoms with van der Waals surface area (Å²) in [4.78, 5) is 17.7. The van der Waals surface area contributed by atoms with Gasteiger partial charge in [-0.25, -0.2) is 4.99 Å². The number of guanidine groups is 1. The predicted octanol–water partition coefficient (Wildman–Crippen LogP) is 2.47. The summed E-state index contributed by atoms with van der Waals surface area (Å²) in [7, 11) is 5.25. The topological polar surface area (TPSA) is 98.4 Å². The summed E-state index contributed by atoms with van der Waals surface area (Å²) < 4.78 is 16.2. The number of primary amides is 1. The Labute approximate surface area is 184 Å². The van der Waals surface area contributed by atoms with E-state index in [4.69, 9.17) is 24.9 Å². The number of carbonyl (C=O) groups excluding carboxylic acids is 1. The van der Waals surface area contributed by atoms with Crippen LogP contribution in [0.5, 0.6) is 17.2 Å². The number of amides is 1.